The second-order valence-corrected chi connectivity index (χ2v) is 8.11. The first-order chi connectivity index (χ1) is 14.0. The number of hydrogen-bond acceptors (Lipinski definition) is 6. The van der Waals surface area contributed by atoms with Gasteiger partial charge in [-0.2, -0.15) is 0 Å². The number of likely N-dealkylation sites (tertiary alicyclic amines) is 1. The molecule has 29 heavy (non-hydrogen) atoms. The van der Waals surface area contributed by atoms with Gasteiger partial charge in [-0.1, -0.05) is 6.07 Å². The maximum atomic E-state index is 12.9. The lowest BCUT2D eigenvalue weighted by atomic mass is 9.77. The van der Waals surface area contributed by atoms with Crippen molar-refractivity contribution >= 4 is 11.9 Å². The zero-order chi connectivity index (χ0) is 20.4. The zero-order valence-corrected chi connectivity index (χ0v) is 17.4. The second kappa shape index (κ2) is 7.89. The Bertz CT molecular complexity index is 897. The molecule has 1 amide bonds. The minimum absolute atomic E-state index is 0.0160. The van der Waals surface area contributed by atoms with Gasteiger partial charge in [0.15, 0.2) is 6.61 Å². The Morgan fingerprint density at radius 3 is 2.90 bits per heavy atom. The van der Waals surface area contributed by atoms with Gasteiger partial charge in [0.25, 0.3) is 5.91 Å². The summed E-state index contributed by atoms with van der Waals surface area (Å²) in [4.78, 5) is 26.1. The Labute approximate surface area is 171 Å². The van der Waals surface area contributed by atoms with Crippen LogP contribution in [0.1, 0.15) is 30.5 Å². The van der Waals surface area contributed by atoms with Gasteiger partial charge in [-0.15, -0.1) is 0 Å². The molecule has 0 saturated carbocycles. The lowest BCUT2D eigenvalue weighted by Gasteiger charge is -2.40. The quantitative estimate of drug-likeness (QED) is 0.773. The van der Waals surface area contributed by atoms with E-state index in [0.717, 1.165) is 43.9 Å². The monoisotopic (exact) mass is 396 g/mol. The van der Waals surface area contributed by atoms with Crippen molar-refractivity contribution < 1.29 is 14.3 Å². The third-order valence-corrected chi connectivity index (χ3v) is 5.96. The molecule has 1 spiro atoms. The van der Waals surface area contributed by atoms with E-state index in [1.807, 2.05) is 48.3 Å². The summed E-state index contributed by atoms with van der Waals surface area (Å²) in [5.41, 5.74) is 2.28. The van der Waals surface area contributed by atoms with E-state index in [-0.39, 0.29) is 17.9 Å². The molecule has 1 atom stereocenters. The van der Waals surface area contributed by atoms with Crippen molar-refractivity contribution in [1.82, 2.24) is 14.9 Å². The molecule has 1 unspecified atom stereocenters. The van der Waals surface area contributed by atoms with E-state index in [2.05, 4.69) is 4.98 Å². The summed E-state index contributed by atoms with van der Waals surface area (Å²) in [6, 6.07) is 7.33. The van der Waals surface area contributed by atoms with Crippen LogP contribution in [0.2, 0.25) is 0 Å². The fourth-order valence-corrected chi connectivity index (χ4v) is 4.42. The van der Waals surface area contributed by atoms with Crippen LogP contribution in [0, 0.1) is 0 Å². The number of carbonyl (C=O) groups is 1. The molecule has 154 valence electrons. The molecule has 1 aromatic heterocycles. The van der Waals surface area contributed by atoms with Crippen LogP contribution in [0.15, 0.2) is 30.5 Å². The first-order valence-corrected chi connectivity index (χ1v) is 10.1. The van der Waals surface area contributed by atoms with Crippen molar-refractivity contribution in [3.05, 3.63) is 41.7 Å². The molecule has 0 bridgehead atoms. The number of rotatable bonds is 5. The third kappa shape index (κ3) is 3.86. The molecule has 7 nitrogen and oxygen atoms in total. The number of methoxy groups -OCH3 is 1. The first kappa shape index (κ1) is 19.5. The van der Waals surface area contributed by atoms with Gasteiger partial charge in [0.2, 0.25) is 5.95 Å². The summed E-state index contributed by atoms with van der Waals surface area (Å²) in [5.74, 6) is 2.10. The largest absolute Gasteiger partial charge is 0.497 e. The Balaban J connectivity index is 1.46. The number of piperidine rings is 1. The van der Waals surface area contributed by atoms with Gasteiger partial charge in [0.05, 0.1) is 12.8 Å². The van der Waals surface area contributed by atoms with Crippen LogP contribution in [0.25, 0.3) is 0 Å². The molecule has 2 aliphatic rings. The van der Waals surface area contributed by atoms with Crippen LogP contribution in [-0.4, -0.2) is 61.7 Å². The normalized spacial score (nSPS) is 20.4. The van der Waals surface area contributed by atoms with E-state index in [9.17, 15) is 4.79 Å². The molecule has 0 N–H and O–H groups in total. The highest BCUT2D eigenvalue weighted by Gasteiger charge is 2.44. The molecule has 2 aromatic rings. The van der Waals surface area contributed by atoms with Gasteiger partial charge in [-0.05, 0) is 43.4 Å². The van der Waals surface area contributed by atoms with Crippen molar-refractivity contribution in [3.63, 3.8) is 0 Å². The molecule has 1 aromatic carbocycles. The number of carbonyl (C=O) groups excluding carboxylic acids is 1. The molecule has 1 aliphatic heterocycles. The average molecular weight is 396 g/mol. The van der Waals surface area contributed by atoms with Crippen LogP contribution in [0.5, 0.6) is 11.5 Å². The average Bonchev–Trinajstić information content (AvgIpc) is 3.09. The summed E-state index contributed by atoms with van der Waals surface area (Å²) >= 11 is 0. The number of aromatic nitrogens is 2. The first-order valence-electron chi connectivity index (χ1n) is 10.1. The van der Waals surface area contributed by atoms with Gasteiger partial charge in [0, 0.05) is 44.9 Å². The van der Waals surface area contributed by atoms with E-state index in [1.54, 1.807) is 13.2 Å². The highest BCUT2D eigenvalue weighted by atomic mass is 16.5. The van der Waals surface area contributed by atoms with Gasteiger partial charge >= 0.3 is 0 Å². The number of ether oxygens (including phenoxy) is 2. The molecular weight excluding hydrogens is 368 g/mol. The van der Waals surface area contributed by atoms with E-state index in [0.29, 0.717) is 18.0 Å². The van der Waals surface area contributed by atoms with Crippen molar-refractivity contribution in [3.8, 4) is 11.5 Å². The van der Waals surface area contributed by atoms with E-state index < -0.39 is 0 Å². The van der Waals surface area contributed by atoms with E-state index in [1.165, 1.54) is 5.56 Å². The van der Waals surface area contributed by atoms with Gasteiger partial charge in [-0.25, -0.2) is 9.97 Å². The van der Waals surface area contributed by atoms with Crippen molar-refractivity contribution in [2.45, 2.75) is 31.1 Å². The zero-order valence-electron chi connectivity index (χ0n) is 17.4. The Hall–Kier alpha value is -2.83. The number of nitrogens with zero attached hydrogens (tertiary/aromatic N) is 4. The maximum Gasteiger partial charge on any atom is 0.260 e. The van der Waals surface area contributed by atoms with Crippen LogP contribution in [0.4, 0.5) is 5.95 Å². The molecule has 1 aliphatic carbocycles. The number of benzene rings is 1. The van der Waals surface area contributed by atoms with Crippen LogP contribution >= 0.6 is 0 Å². The number of aryl methyl sites for hydroxylation is 1. The molecule has 0 radical (unpaired) electrons. The number of amides is 1. The van der Waals surface area contributed by atoms with Gasteiger partial charge in [0.1, 0.15) is 11.5 Å². The van der Waals surface area contributed by atoms with Crippen molar-refractivity contribution in [2.75, 3.05) is 45.8 Å². The minimum Gasteiger partial charge on any atom is -0.497 e. The molecule has 4 rings (SSSR count). The number of anilines is 1. The predicted molar refractivity (Wildman–Crippen MR) is 111 cm³/mol. The highest BCUT2D eigenvalue weighted by Crippen LogP contribution is 2.44. The summed E-state index contributed by atoms with van der Waals surface area (Å²) < 4.78 is 10.9. The standard InChI is InChI=1S/C22H28N4O3/c1-25(2)21-23-13-16-8-10-22(20(16)24-21)9-5-11-26(15-22)19(27)14-29-18-7-4-6-17(12-18)28-3/h4,6-7,12-13H,5,8-11,14-15H2,1-3H3. The van der Waals surface area contributed by atoms with Gasteiger partial charge < -0.3 is 19.3 Å². The van der Waals surface area contributed by atoms with E-state index >= 15 is 0 Å². The molecule has 7 heteroatoms. The summed E-state index contributed by atoms with van der Waals surface area (Å²) in [5, 5.41) is 0. The second-order valence-electron chi connectivity index (χ2n) is 8.11. The fraction of sp³-hybridized carbons (Fsp3) is 0.500. The van der Waals surface area contributed by atoms with Crippen molar-refractivity contribution in [1.29, 1.82) is 0 Å². The Morgan fingerprint density at radius 1 is 1.28 bits per heavy atom. The molecular formula is C22H28N4O3. The van der Waals surface area contributed by atoms with E-state index in [4.69, 9.17) is 14.5 Å². The molecule has 1 saturated heterocycles. The smallest absolute Gasteiger partial charge is 0.260 e. The Kier molecular flexibility index (Phi) is 5.30. The Morgan fingerprint density at radius 2 is 2.10 bits per heavy atom. The third-order valence-electron chi connectivity index (χ3n) is 5.96. The maximum absolute atomic E-state index is 12.9. The van der Waals surface area contributed by atoms with Crippen LogP contribution < -0.4 is 14.4 Å². The lowest BCUT2D eigenvalue weighted by molar-refractivity contribution is -0.135. The van der Waals surface area contributed by atoms with Crippen LogP contribution in [0.3, 0.4) is 0 Å². The summed E-state index contributed by atoms with van der Waals surface area (Å²) in [6.07, 6.45) is 5.99. The fourth-order valence-electron chi connectivity index (χ4n) is 4.42. The van der Waals surface area contributed by atoms with Crippen molar-refractivity contribution in [2.24, 2.45) is 0 Å². The topological polar surface area (TPSA) is 67.8 Å². The molecule has 2 heterocycles. The highest BCUT2D eigenvalue weighted by molar-refractivity contribution is 5.78. The minimum atomic E-state index is -0.0626. The summed E-state index contributed by atoms with van der Waals surface area (Å²) in [7, 11) is 5.52. The number of fused-ring (bicyclic) bond motifs is 2. The van der Waals surface area contributed by atoms with Crippen LogP contribution in [-0.2, 0) is 16.6 Å². The molecule has 1 fully saturated rings. The number of hydrogen-bond donors (Lipinski definition) is 0. The van der Waals surface area contributed by atoms with Gasteiger partial charge in [-0.3, -0.25) is 4.79 Å². The summed E-state index contributed by atoms with van der Waals surface area (Å²) in [6.45, 7) is 1.50. The lowest BCUT2D eigenvalue weighted by Crippen LogP contribution is -2.49. The SMILES string of the molecule is COc1cccc(OCC(=O)N2CCCC3(CCc4cnc(N(C)C)nc43)C2)c1. The predicted octanol–water partition coefficient (Wildman–Crippen LogP) is 2.44.